The van der Waals surface area contributed by atoms with Gasteiger partial charge >= 0.3 is 0 Å². The van der Waals surface area contributed by atoms with Crippen molar-refractivity contribution in [2.45, 2.75) is 6.54 Å². The predicted octanol–water partition coefficient (Wildman–Crippen LogP) is 3.21. The molecule has 0 saturated carbocycles. The molecule has 5 nitrogen and oxygen atoms in total. The van der Waals surface area contributed by atoms with Gasteiger partial charge < -0.3 is 9.47 Å². The van der Waals surface area contributed by atoms with Gasteiger partial charge in [0, 0.05) is 56.1 Å². The van der Waals surface area contributed by atoms with Gasteiger partial charge in [-0.3, -0.25) is 14.5 Å². The van der Waals surface area contributed by atoms with Crippen molar-refractivity contribution in [3.8, 4) is 0 Å². The molecule has 4 rings (SSSR count). The zero-order valence-corrected chi connectivity index (χ0v) is 16.6. The number of pyridine rings is 1. The Kier molecular flexibility index (Phi) is 5.04. The van der Waals surface area contributed by atoms with Gasteiger partial charge in [0.1, 0.15) is 0 Å². The van der Waals surface area contributed by atoms with Crippen LogP contribution in [0.1, 0.15) is 15.2 Å². The van der Waals surface area contributed by atoms with Crippen molar-refractivity contribution in [2.24, 2.45) is 7.05 Å². The van der Waals surface area contributed by atoms with E-state index < -0.39 is 0 Å². The van der Waals surface area contributed by atoms with Gasteiger partial charge in [-0.25, -0.2) is 0 Å². The molecule has 0 atom stereocenters. The third kappa shape index (κ3) is 3.65. The first-order valence-corrected chi connectivity index (χ1v) is 10.1. The molecule has 0 spiro atoms. The summed E-state index contributed by atoms with van der Waals surface area (Å²) in [5, 5.41) is 0.820. The molecule has 3 aromatic rings. The molecule has 0 N–H and O–H groups in total. The Bertz CT molecular complexity index is 1050. The fourth-order valence-corrected chi connectivity index (χ4v) is 4.65. The molecular formula is C20H20ClN3O2S. The molecule has 0 aliphatic carbocycles. The normalized spacial score (nSPS) is 15.4. The summed E-state index contributed by atoms with van der Waals surface area (Å²) in [5.41, 5.74) is 1.11. The third-order valence-corrected chi connectivity index (χ3v) is 6.27. The maximum atomic E-state index is 13.1. The highest BCUT2D eigenvalue weighted by molar-refractivity contribution is 7.16. The molecule has 0 radical (unpaired) electrons. The summed E-state index contributed by atoms with van der Waals surface area (Å²) in [7, 11) is 1.73. The molecule has 0 bridgehead atoms. The Morgan fingerprint density at radius 3 is 2.56 bits per heavy atom. The minimum atomic E-state index is -0.162. The lowest BCUT2D eigenvalue weighted by Gasteiger charge is -2.34. The molecular weight excluding hydrogens is 382 g/mol. The molecule has 1 saturated heterocycles. The van der Waals surface area contributed by atoms with E-state index in [1.807, 2.05) is 35.2 Å². The molecule has 3 heterocycles. The first kappa shape index (κ1) is 18.2. The smallest absolute Gasteiger partial charge is 0.254 e. The molecule has 2 aromatic heterocycles. The average Bonchev–Trinajstić information content (AvgIpc) is 3.09. The molecule has 1 aliphatic heterocycles. The van der Waals surface area contributed by atoms with Crippen LogP contribution in [0.25, 0.3) is 10.9 Å². The largest absolute Gasteiger partial charge is 0.336 e. The van der Waals surface area contributed by atoms with Gasteiger partial charge in [-0.05, 0) is 18.2 Å². The van der Waals surface area contributed by atoms with Crippen molar-refractivity contribution in [1.29, 1.82) is 0 Å². The second kappa shape index (κ2) is 7.46. The lowest BCUT2D eigenvalue weighted by molar-refractivity contribution is 0.0631. The molecule has 0 unspecified atom stereocenters. The van der Waals surface area contributed by atoms with Crippen LogP contribution in [-0.2, 0) is 13.6 Å². The number of aryl methyl sites for hydroxylation is 1. The fourth-order valence-electron chi connectivity index (χ4n) is 3.52. The molecule has 7 heteroatoms. The number of aromatic nitrogens is 1. The Hall–Kier alpha value is -2.15. The van der Waals surface area contributed by atoms with Crippen LogP contribution < -0.4 is 5.56 Å². The summed E-state index contributed by atoms with van der Waals surface area (Å²) in [4.78, 5) is 30.8. The van der Waals surface area contributed by atoms with Crippen LogP contribution in [0.3, 0.4) is 0 Å². The number of carbonyl (C=O) groups excluding carboxylic acids is 1. The van der Waals surface area contributed by atoms with Gasteiger partial charge in [0.25, 0.3) is 11.5 Å². The predicted molar refractivity (Wildman–Crippen MR) is 110 cm³/mol. The van der Waals surface area contributed by atoms with Gasteiger partial charge in [-0.1, -0.05) is 29.8 Å². The Labute approximate surface area is 166 Å². The fraction of sp³-hybridized carbons (Fsp3) is 0.300. The molecule has 1 aromatic carbocycles. The quantitative estimate of drug-likeness (QED) is 0.677. The number of benzene rings is 1. The topological polar surface area (TPSA) is 45.6 Å². The minimum absolute atomic E-state index is 0.0669. The summed E-state index contributed by atoms with van der Waals surface area (Å²) in [6.07, 6.45) is 0. The van der Waals surface area contributed by atoms with Crippen LogP contribution in [-0.4, -0.2) is 46.5 Å². The highest BCUT2D eigenvalue weighted by Gasteiger charge is 2.24. The monoisotopic (exact) mass is 401 g/mol. The number of fused-ring (bicyclic) bond motifs is 1. The van der Waals surface area contributed by atoms with Gasteiger partial charge in [0.2, 0.25) is 0 Å². The van der Waals surface area contributed by atoms with E-state index in [0.29, 0.717) is 18.7 Å². The van der Waals surface area contributed by atoms with Crippen molar-refractivity contribution < 1.29 is 4.79 Å². The second-order valence-electron chi connectivity index (χ2n) is 6.75. The van der Waals surface area contributed by atoms with Gasteiger partial charge in [0.05, 0.1) is 15.4 Å². The number of carbonyl (C=O) groups is 1. The number of para-hydroxylation sites is 1. The van der Waals surface area contributed by atoms with E-state index in [1.54, 1.807) is 23.0 Å². The second-order valence-corrected chi connectivity index (χ2v) is 8.55. The van der Waals surface area contributed by atoms with E-state index in [4.69, 9.17) is 11.6 Å². The van der Waals surface area contributed by atoms with Gasteiger partial charge in [-0.15, -0.1) is 11.3 Å². The Morgan fingerprint density at radius 1 is 1.11 bits per heavy atom. The number of nitrogens with zero attached hydrogens (tertiary/aromatic N) is 3. The van der Waals surface area contributed by atoms with Crippen LogP contribution in [0, 0.1) is 0 Å². The van der Waals surface area contributed by atoms with Gasteiger partial charge in [0.15, 0.2) is 0 Å². The van der Waals surface area contributed by atoms with E-state index in [0.717, 1.165) is 34.9 Å². The highest BCUT2D eigenvalue weighted by atomic mass is 35.5. The van der Waals surface area contributed by atoms with Crippen molar-refractivity contribution in [1.82, 2.24) is 14.4 Å². The standard InChI is InChI=1S/C20H20ClN3O2S/c1-22-17-5-3-2-4-15(17)16(12-19(22)25)20(26)24-10-8-23(9-11-24)13-14-6-7-18(21)27-14/h2-7,12H,8-11,13H2,1H3. The highest BCUT2D eigenvalue weighted by Crippen LogP contribution is 2.24. The zero-order valence-electron chi connectivity index (χ0n) is 15.0. The van der Waals surface area contributed by atoms with Crippen LogP contribution in [0.5, 0.6) is 0 Å². The summed E-state index contributed by atoms with van der Waals surface area (Å²) < 4.78 is 2.38. The maximum absolute atomic E-state index is 13.1. The number of halogens is 1. The van der Waals surface area contributed by atoms with Crippen molar-refractivity contribution in [3.63, 3.8) is 0 Å². The van der Waals surface area contributed by atoms with Crippen molar-refractivity contribution in [3.05, 3.63) is 67.6 Å². The lowest BCUT2D eigenvalue weighted by atomic mass is 10.1. The summed E-state index contributed by atoms with van der Waals surface area (Å²) in [5.74, 6) is -0.0669. The van der Waals surface area contributed by atoms with E-state index in [9.17, 15) is 9.59 Å². The third-order valence-electron chi connectivity index (χ3n) is 5.05. The first-order valence-electron chi connectivity index (χ1n) is 8.87. The van der Waals surface area contributed by atoms with Crippen LogP contribution in [0.2, 0.25) is 4.34 Å². The number of hydrogen-bond donors (Lipinski definition) is 0. The molecule has 1 fully saturated rings. The number of thiophene rings is 1. The lowest BCUT2D eigenvalue weighted by Crippen LogP contribution is -2.48. The average molecular weight is 402 g/mol. The van der Waals surface area contributed by atoms with E-state index in [1.165, 1.54) is 10.9 Å². The van der Waals surface area contributed by atoms with Crippen LogP contribution >= 0.6 is 22.9 Å². The Balaban J connectivity index is 1.51. The van der Waals surface area contributed by atoms with E-state index in [2.05, 4.69) is 11.0 Å². The van der Waals surface area contributed by atoms with E-state index in [-0.39, 0.29) is 11.5 Å². The number of amides is 1. The molecule has 140 valence electrons. The van der Waals surface area contributed by atoms with Crippen molar-refractivity contribution >= 4 is 39.7 Å². The molecule has 1 aliphatic rings. The minimum Gasteiger partial charge on any atom is -0.336 e. The Morgan fingerprint density at radius 2 is 1.85 bits per heavy atom. The number of rotatable bonds is 3. The van der Waals surface area contributed by atoms with E-state index >= 15 is 0 Å². The number of piperazine rings is 1. The number of hydrogen-bond acceptors (Lipinski definition) is 4. The summed E-state index contributed by atoms with van der Waals surface area (Å²) in [6.45, 7) is 3.78. The summed E-state index contributed by atoms with van der Waals surface area (Å²) >= 11 is 7.60. The SMILES string of the molecule is Cn1c(=O)cc(C(=O)N2CCN(Cc3ccc(Cl)s3)CC2)c2ccccc21. The van der Waals surface area contributed by atoms with Gasteiger partial charge in [-0.2, -0.15) is 0 Å². The first-order chi connectivity index (χ1) is 13.0. The zero-order chi connectivity index (χ0) is 19.0. The van der Waals surface area contributed by atoms with Crippen LogP contribution in [0.15, 0.2) is 47.3 Å². The molecule has 27 heavy (non-hydrogen) atoms. The maximum Gasteiger partial charge on any atom is 0.254 e. The van der Waals surface area contributed by atoms with Crippen molar-refractivity contribution in [2.75, 3.05) is 26.2 Å². The summed E-state index contributed by atoms with van der Waals surface area (Å²) in [6, 6.07) is 13.0. The van der Waals surface area contributed by atoms with Crippen LogP contribution in [0.4, 0.5) is 0 Å². The molecule has 1 amide bonds.